The van der Waals surface area contributed by atoms with Crippen LogP contribution in [0.15, 0.2) is 0 Å². The fraction of sp³-hybridized carbons (Fsp3) is 1.00. The Labute approximate surface area is 59.2 Å². The molecule has 0 aromatic carbocycles. The highest BCUT2D eigenvalue weighted by atomic mass is 33.1. The van der Waals surface area contributed by atoms with Gasteiger partial charge < -0.3 is 5.73 Å². The molecule has 0 aromatic rings. The molecular formula is C5H13NS2. The molecule has 0 aromatic heterocycles. The van der Waals surface area contributed by atoms with Crippen molar-refractivity contribution in [1.29, 1.82) is 0 Å². The smallest absolute Gasteiger partial charge is 0.00489 e. The van der Waals surface area contributed by atoms with Gasteiger partial charge in [0.2, 0.25) is 0 Å². The van der Waals surface area contributed by atoms with E-state index < -0.39 is 0 Å². The van der Waals surface area contributed by atoms with Crippen LogP contribution in [0.25, 0.3) is 0 Å². The highest BCUT2D eigenvalue weighted by Crippen LogP contribution is 2.20. The van der Waals surface area contributed by atoms with Gasteiger partial charge in [-0.25, -0.2) is 0 Å². The van der Waals surface area contributed by atoms with Gasteiger partial charge in [-0.1, -0.05) is 28.5 Å². The third kappa shape index (κ3) is 6.66. The SMILES string of the molecule is CCSSCCCN. The van der Waals surface area contributed by atoms with E-state index in [0.717, 1.165) is 13.0 Å². The van der Waals surface area contributed by atoms with Gasteiger partial charge in [0.25, 0.3) is 0 Å². The summed E-state index contributed by atoms with van der Waals surface area (Å²) in [5.74, 6) is 2.41. The lowest BCUT2D eigenvalue weighted by molar-refractivity contribution is 0.946. The Balaban J connectivity index is 2.53. The summed E-state index contributed by atoms with van der Waals surface area (Å²) in [7, 11) is 3.82. The molecule has 0 aliphatic carbocycles. The molecule has 0 saturated heterocycles. The Morgan fingerprint density at radius 2 is 2.12 bits per heavy atom. The molecule has 0 amide bonds. The maximum Gasteiger partial charge on any atom is 0.00489 e. The van der Waals surface area contributed by atoms with Crippen LogP contribution in [0.4, 0.5) is 0 Å². The monoisotopic (exact) mass is 151 g/mol. The normalized spacial score (nSPS) is 9.75. The predicted octanol–water partition coefficient (Wildman–Crippen LogP) is 1.74. The molecule has 8 heavy (non-hydrogen) atoms. The number of nitrogens with two attached hydrogens (primary N) is 1. The lowest BCUT2D eigenvalue weighted by atomic mass is 10.5. The molecule has 0 fully saturated rings. The summed E-state index contributed by atoms with van der Waals surface area (Å²) < 4.78 is 0. The minimum absolute atomic E-state index is 0.831. The van der Waals surface area contributed by atoms with Crippen molar-refractivity contribution in [2.45, 2.75) is 13.3 Å². The second-order valence-corrected chi connectivity index (χ2v) is 4.24. The zero-order valence-corrected chi connectivity index (χ0v) is 6.86. The first-order chi connectivity index (χ1) is 3.91. The molecule has 2 N–H and O–H groups in total. The van der Waals surface area contributed by atoms with Crippen LogP contribution in [0.1, 0.15) is 13.3 Å². The van der Waals surface area contributed by atoms with Gasteiger partial charge in [-0.2, -0.15) is 0 Å². The average molecular weight is 151 g/mol. The van der Waals surface area contributed by atoms with E-state index in [1.807, 2.05) is 21.6 Å². The summed E-state index contributed by atoms with van der Waals surface area (Å²) in [5, 5.41) is 0. The van der Waals surface area contributed by atoms with E-state index in [1.54, 1.807) is 0 Å². The Hall–Kier alpha value is 0.660. The molecule has 0 unspecified atom stereocenters. The first-order valence-electron chi connectivity index (χ1n) is 2.86. The largest absolute Gasteiger partial charge is 0.330 e. The zero-order chi connectivity index (χ0) is 6.24. The first-order valence-corrected chi connectivity index (χ1v) is 5.35. The molecular weight excluding hydrogens is 138 g/mol. The van der Waals surface area contributed by atoms with E-state index in [4.69, 9.17) is 5.73 Å². The van der Waals surface area contributed by atoms with Gasteiger partial charge in [0.1, 0.15) is 0 Å². The van der Waals surface area contributed by atoms with Crippen LogP contribution < -0.4 is 5.73 Å². The van der Waals surface area contributed by atoms with Crippen molar-refractivity contribution < 1.29 is 0 Å². The van der Waals surface area contributed by atoms with Crippen molar-refractivity contribution in [3.8, 4) is 0 Å². The predicted molar refractivity (Wildman–Crippen MR) is 44.3 cm³/mol. The van der Waals surface area contributed by atoms with Gasteiger partial charge in [-0.05, 0) is 13.0 Å². The van der Waals surface area contributed by atoms with Crippen LogP contribution in [-0.2, 0) is 0 Å². The fourth-order valence-electron chi connectivity index (χ4n) is 0.285. The summed E-state index contributed by atoms with van der Waals surface area (Å²) in [6.45, 7) is 3.00. The topological polar surface area (TPSA) is 26.0 Å². The van der Waals surface area contributed by atoms with Crippen molar-refractivity contribution in [3.63, 3.8) is 0 Å². The zero-order valence-electron chi connectivity index (χ0n) is 5.22. The van der Waals surface area contributed by atoms with Crippen molar-refractivity contribution in [1.82, 2.24) is 0 Å². The number of hydrogen-bond acceptors (Lipinski definition) is 3. The first kappa shape index (κ1) is 8.66. The molecule has 1 nitrogen and oxygen atoms in total. The van der Waals surface area contributed by atoms with Crippen molar-refractivity contribution in [2.75, 3.05) is 18.1 Å². The van der Waals surface area contributed by atoms with Crippen LogP contribution in [0.2, 0.25) is 0 Å². The van der Waals surface area contributed by atoms with Gasteiger partial charge >= 0.3 is 0 Å². The minimum atomic E-state index is 0.831. The second-order valence-electron chi connectivity index (χ2n) is 1.37. The van der Waals surface area contributed by atoms with Gasteiger partial charge in [-0.3, -0.25) is 0 Å². The van der Waals surface area contributed by atoms with Crippen LogP contribution >= 0.6 is 21.6 Å². The summed E-state index contributed by atoms with van der Waals surface area (Å²) in [6, 6.07) is 0. The van der Waals surface area contributed by atoms with E-state index in [-0.39, 0.29) is 0 Å². The maximum absolute atomic E-state index is 5.29. The summed E-state index contributed by atoms with van der Waals surface area (Å²) in [5.41, 5.74) is 5.29. The molecule has 0 saturated carbocycles. The number of rotatable bonds is 5. The van der Waals surface area contributed by atoms with E-state index in [2.05, 4.69) is 6.92 Å². The van der Waals surface area contributed by atoms with E-state index in [9.17, 15) is 0 Å². The fourth-order valence-corrected chi connectivity index (χ4v) is 2.06. The highest BCUT2D eigenvalue weighted by Gasteiger charge is 1.83. The Morgan fingerprint density at radius 3 is 2.62 bits per heavy atom. The Morgan fingerprint density at radius 1 is 1.38 bits per heavy atom. The Bertz CT molecular complexity index is 35.4. The summed E-state index contributed by atoms with van der Waals surface area (Å²) in [6.07, 6.45) is 1.15. The molecule has 0 heterocycles. The van der Waals surface area contributed by atoms with Crippen LogP contribution in [-0.4, -0.2) is 18.1 Å². The quantitative estimate of drug-likeness (QED) is 0.479. The van der Waals surface area contributed by atoms with Crippen molar-refractivity contribution in [2.24, 2.45) is 5.73 Å². The summed E-state index contributed by atoms with van der Waals surface area (Å²) in [4.78, 5) is 0. The summed E-state index contributed by atoms with van der Waals surface area (Å²) >= 11 is 0. The standard InChI is InChI=1S/C5H13NS2/c1-2-7-8-5-3-4-6/h2-6H2,1H3. The third-order valence-electron chi connectivity index (χ3n) is 0.633. The molecule has 0 aliphatic heterocycles. The highest BCUT2D eigenvalue weighted by molar-refractivity contribution is 8.76. The maximum atomic E-state index is 5.29. The lowest BCUT2D eigenvalue weighted by Gasteiger charge is -1.93. The van der Waals surface area contributed by atoms with Crippen molar-refractivity contribution in [3.05, 3.63) is 0 Å². The molecule has 0 bridgehead atoms. The van der Waals surface area contributed by atoms with Gasteiger partial charge in [0.05, 0.1) is 0 Å². The molecule has 0 radical (unpaired) electrons. The van der Waals surface area contributed by atoms with E-state index in [0.29, 0.717) is 0 Å². The van der Waals surface area contributed by atoms with Gasteiger partial charge in [0.15, 0.2) is 0 Å². The lowest BCUT2D eigenvalue weighted by Crippen LogP contribution is -1.98. The molecule has 0 aliphatic rings. The van der Waals surface area contributed by atoms with Crippen LogP contribution in [0.3, 0.4) is 0 Å². The van der Waals surface area contributed by atoms with E-state index >= 15 is 0 Å². The minimum Gasteiger partial charge on any atom is -0.330 e. The Kier molecular flexibility index (Phi) is 8.29. The number of hydrogen-bond donors (Lipinski definition) is 1. The molecule has 0 rings (SSSR count). The molecule has 50 valence electrons. The molecule has 0 atom stereocenters. The van der Waals surface area contributed by atoms with Crippen LogP contribution in [0.5, 0.6) is 0 Å². The van der Waals surface area contributed by atoms with Gasteiger partial charge in [-0.15, -0.1) is 0 Å². The van der Waals surface area contributed by atoms with Crippen LogP contribution in [0, 0.1) is 0 Å². The van der Waals surface area contributed by atoms with Gasteiger partial charge in [0, 0.05) is 11.5 Å². The second kappa shape index (κ2) is 7.66. The van der Waals surface area contributed by atoms with E-state index in [1.165, 1.54) is 11.5 Å². The third-order valence-corrected chi connectivity index (χ3v) is 3.20. The van der Waals surface area contributed by atoms with Crippen molar-refractivity contribution >= 4 is 21.6 Å². The average Bonchev–Trinajstić information content (AvgIpc) is 1.81. The molecule has 3 heteroatoms. The molecule has 0 spiro atoms.